The van der Waals surface area contributed by atoms with E-state index in [-0.39, 0.29) is 29.4 Å². The highest BCUT2D eigenvalue weighted by Crippen LogP contribution is 2.23. The number of nitrogens with zero attached hydrogens (tertiary/aromatic N) is 4. The number of carboxylic acid groups (broad SMARTS) is 1. The molecule has 0 saturated carbocycles. The second-order valence-electron chi connectivity index (χ2n) is 5.83. The fourth-order valence-corrected chi connectivity index (χ4v) is 4.25. The van der Waals surface area contributed by atoms with Gasteiger partial charge in [0.25, 0.3) is 5.69 Å². The molecule has 3 rings (SSSR count). The van der Waals surface area contributed by atoms with Crippen LogP contribution in [0.25, 0.3) is 0 Å². The Morgan fingerprint density at radius 1 is 1.11 bits per heavy atom. The summed E-state index contributed by atoms with van der Waals surface area (Å²) in [4.78, 5) is 27.0. The lowest BCUT2D eigenvalue weighted by atomic mass is 10.3. The highest BCUT2D eigenvalue weighted by molar-refractivity contribution is 7.89. The lowest BCUT2D eigenvalue weighted by Crippen LogP contribution is -2.49. The largest absolute Gasteiger partial charge is 0.477 e. The molecule has 2 aromatic rings. The molecule has 0 spiro atoms. The summed E-state index contributed by atoms with van der Waals surface area (Å²) >= 11 is 0. The third-order valence-corrected chi connectivity index (χ3v) is 6.08. The van der Waals surface area contributed by atoms with Crippen LogP contribution in [0.5, 0.6) is 0 Å². The topological polar surface area (TPSA) is 134 Å². The summed E-state index contributed by atoms with van der Waals surface area (Å²) in [7, 11) is -3.86. The smallest absolute Gasteiger partial charge is 0.354 e. The van der Waals surface area contributed by atoms with Gasteiger partial charge in [-0.25, -0.2) is 18.2 Å². The third kappa shape index (κ3) is 3.88. The van der Waals surface area contributed by atoms with Crippen molar-refractivity contribution in [2.75, 3.05) is 31.1 Å². The van der Waals surface area contributed by atoms with E-state index in [1.807, 2.05) is 0 Å². The number of carbonyl (C=O) groups is 1. The molecule has 1 aliphatic rings. The number of nitro benzene ring substituents is 1. The van der Waals surface area contributed by atoms with Crippen molar-refractivity contribution in [1.29, 1.82) is 0 Å². The molecular formula is C16H16N4O6S. The average Bonchev–Trinajstić information content (AvgIpc) is 2.68. The van der Waals surface area contributed by atoms with Gasteiger partial charge in [0, 0.05) is 38.3 Å². The molecule has 10 nitrogen and oxygen atoms in total. The van der Waals surface area contributed by atoms with Gasteiger partial charge in [-0.2, -0.15) is 4.31 Å². The molecule has 142 valence electrons. The van der Waals surface area contributed by atoms with Crippen LogP contribution in [-0.4, -0.2) is 59.9 Å². The molecule has 0 bridgehead atoms. The van der Waals surface area contributed by atoms with Gasteiger partial charge < -0.3 is 10.0 Å². The van der Waals surface area contributed by atoms with E-state index in [0.29, 0.717) is 18.9 Å². The Hall–Kier alpha value is -3.05. The maximum atomic E-state index is 12.7. The van der Waals surface area contributed by atoms with Crippen molar-refractivity contribution in [1.82, 2.24) is 9.29 Å². The predicted molar refractivity (Wildman–Crippen MR) is 95.3 cm³/mol. The number of non-ortho nitro benzene ring substituents is 1. The summed E-state index contributed by atoms with van der Waals surface area (Å²) in [6, 6.07) is 9.57. The number of piperazine rings is 1. The normalized spacial score (nSPS) is 15.5. The van der Waals surface area contributed by atoms with Crippen LogP contribution in [0.3, 0.4) is 0 Å². The fraction of sp³-hybridized carbons (Fsp3) is 0.250. The second kappa shape index (κ2) is 7.29. The quantitative estimate of drug-likeness (QED) is 0.592. The summed E-state index contributed by atoms with van der Waals surface area (Å²) in [5.41, 5.74) is -0.372. The van der Waals surface area contributed by atoms with Crippen LogP contribution >= 0.6 is 0 Å². The van der Waals surface area contributed by atoms with Crippen LogP contribution in [0.15, 0.2) is 47.4 Å². The Kier molecular flexibility index (Phi) is 5.06. The fourth-order valence-electron chi connectivity index (χ4n) is 2.78. The van der Waals surface area contributed by atoms with Gasteiger partial charge in [-0.1, -0.05) is 12.1 Å². The molecule has 1 aliphatic heterocycles. The van der Waals surface area contributed by atoms with Crippen molar-refractivity contribution in [2.24, 2.45) is 0 Å². The summed E-state index contributed by atoms with van der Waals surface area (Å²) in [6.45, 7) is 0.961. The minimum atomic E-state index is -3.86. The predicted octanol–water partition coefficient (Wildman–Crippen LogP) is 1.20. The Morgan fingerprint density at radius 3 is 2.41 bits per heavy atom. The zero-order chi connectivity index (χ0) is 19.6. The molecule has 2 heterocycles. The number of pyridine rings is 1. The van der Waals surface area contributed by atoms with Crippen LogP contribution < -0.4 is 4.90 Å². The van der Waals surface area contributed by atoms with Gasteiger partial charge in [0.2, 0.25) is 10.0 Å². The summed E-state index contributed by atoms with van der Waals surface area (Å²) in [5, 5.41) is 19.9. The summed E-state index contributed by atoms with van der Waals surface area (Å²) < 4.78 is 26.7. The highest BCUT2D eigenvalue weighted by atomic mass is 32.2. The SMILES string of the molecule is O=C(O)c1cccc(N2CCN(S(=O)(=O)c3cccc([N+](=O)[O-])c3)CC2)n1. The first kappa shape index (κ1) is 18.7. The van der Waals surface area contributed by atoms with Gasteiger partial charge in [-0.05, 0) is 18.2 Å². The van der Waals surface area contributed by atoms with Crippen LogP contribution in [0.4, 0.5) is 11.5 Å². The zero-order valence-corrected chi connectivity index (χ0v) is 14.9. The lowest BCUT2D eigenvalue weighted by molar-refractivity contribution is -0.385. The van der Waals surface area contributed by atoms with E-state index < -0.39 is 20.9 Å². The van der Waals surface area contributed by atoms with E-state index in [0.717, 1.165) is 6.07 Å². The summed E-state index contributed by atoms with van der Waals surface area (Å²) in [6.07, 6.45) is 0. The van der Waals surface area contributed by atoms with Crippen molar-refractivity contribution in [3.8, 4) is 0 Å². The monoisotopic (exact) mass is 392 g/mol. The van der Waals surface area contributed by atoms with Crippen LogP contribution in [-0.2, 0) is 10.0 Å². The number of carboxylic acids is 1. The first-order chi connectivity index (χ1) is 12.8. The van der Waals surface area contributed by atoms with E-state index in [1.54, 1.807) is 17.0 Å². The standard InChI is InChI=1S/C16H16N4O6S/c21-16(22)14-5-2-6-15(17-14)18-7-9-19(10-8-18)27(25,26)13-4-1-3-12(11-13)20(23)24/h1-6,11H,7-10H2,(H,21,22). The molecule has 1 N–H and O–H groups in total. The zero-order valence-electron chi connectivity index (χ0n) is 14.1. The number of benzene rings is 1. The molecule has 0 unspecified atom stereocenters. The van der Waals surface area contributed by atoms with E-state index >= 15 is 0 Å². The molecule has 11 heteroatoms. The molecular weight excluding hydrogens is 376 g/mol. The van der Waals surface area contributed by atoms with Gasteiger partial charge in [-0.15, -0.1) is 0 Å². The second-order valence-corrected chi connectivity index (χ2v) is 7.77. The molecule has 0 radical (unpaired) electrons. The van der Waals surface area contributed by atoms with Gasteiger partial charge in [-0.3, -0.25) is 10.1 Å². The number of sulfonamides is 1. The molecule has 0 amide bonds. The Labute approximate surface area is 154 Å². The van der Waals surface area contributed by atoms with E-state index in [4.69, 9.17) is 5.11 Å². The minimum Gasteiger partial charge on any atom is -0.477 e. The number of rotatable bonds is 5. The number of hydrogen-bond donors (Lipinski definition) is 1. The van der Waals surface area contributed by atoms with Gasteiger partial charge >= 0.3 is 5.97 Å². The molecule has 0 atom stereocenters. The summed E-state index contributed by atoms with van der Waals surface area (Å²) in [5.74, 6) is -0.675. The van der Waals surface area contributed by atoms with Gasteiger partial charge in [0.05, 0.1) is 9.82 Å². The van der Waals surface area contributed by atoms with Crippen LogP contribution in [0.2, 0.25) is 0 Å². The van der Waals surface area contributed by atoms with Crippen molar-refractivity contribution in [3.63, 3.8) is 0 Å². The molecule has 27 heavy (non-hydrogen) atoms. The minimum absolute atomic E-state index is 0.0841. The number of anilines is 1. The third-order valence-electron chi connectivity index (χ3n) is 4.18. The number of aromatic carboxylic acids is 1. The Balaban J connectivity index is 1.75. The Morgan fingerprint density at radius 2 is 1.78 bits per heavy atom. The Bertz CT molecular complexity index is 986. The van der Waals surface area contributed by atoms with Crippen LogP contribution in [0, 0.1) is 10.1 Å². The van der Waals surface area contributed by atoms with E-state index in [1.165, 1.54) is 28.6 Å². The van der Waals surface area contributed by atoms with Gasteiger partial charge in [0.15, 0.2) is 5.69 Å². The number of hydrogen-bond acceptors (Lipinski definition) is 7. The average molecular weight is 392 g/mol. The van der Waals surface area contributed by atoms with Crippen molar-refractivity contribution < 1.29 is 23.2 Å². The molecule has 1 fully saturated rings. The van der Waals surface area contributed by atoms with Crippen molar-refractivity contribution in [3.05, 3.63) is 58.3 Å². The molecule has 0 aliphatic carbocycles. The number of aromatic nitrogens is 1. The van der Waals surface area contributed by atoms with Gasteiger partial charge in [0.1, 0.15) is 5.82 Å². The molecule has 1 aromatic carbocycles. The maximum absolute atomic E-state index is 12.7. The molecule has 1 aromatic heterocycles. The first-order valence-electron chi connectivity index (χ1n) is 7.99. The highest BCUT2D eigenvalue weighted by Gasteiger charge is 2.30. The van der Waals surface area contributed by atoms with Crippen LogP contribution in [0.1, 0.15) is 10.5 Å². The number of nitro groups is 1. The lowest BCUT2D eigenvalue weighted by Gasteiger charge is -2.34. The molecule has 1 saturated heterocycles. The first-order valence-corrected chi connectivity index (χ1v) is 9.43. The van der Waals surface area contributed by atoms with Crippen molar-refractivity contribution in [2.45, 2.75) is 4.90 Å². The van der Waals surface area contributed by atoms with E-state index in [2.05, 4.69) is 4.98 Å². The van der Waals surface area contributed by atoms with Crippen molar-refractivity contribution >= 4 is 27.5 Å². The maximum Gasteiger partial charge on any atom is 0.354 e. The van der Waals surface area contributed by atoms with E-state index in [9.17, 15) is 23.3 Å².